The summed E-state index contributed by atoms with van der Waals surface area (Å²) in [7, 11) is 4.06. The lowest BCUT2D eigenvalue weighted by molar-refractivity contribution is 0.481. The van der Waals surface area contributed by atoms with Gasteiger partial charge in [0.15, 0.2) is 11.5 Å². The zero-order valence-electron chi connectivity index (χ0n) is 13.7. The maximum absolute atomic E-state index is 6.13. The van der Waals surface area contributed by atoms with Gasteiger partial charge < -0.3 is 19.9 Å². The molecule has 22 heavy (non-hydrogen) atoms. The molecule has 0 atom stereocenters. The van der Waals surface area contributed by atoms with Crippen LogP contribution in [0.4, 0.5) is 22.7 Å². The van der Waals surface area contributed by atoms with E-state index in [1.165, 1.54) is 5.69 Å². The fraction of sp³-hybridized carbons (Fsp3) is 0.333. The number of nitrogens with zero attached hydrogens (tertiary/aromatic N) is 2. The topological polar surface area (TPSA) is 27.7 Å². The first-order valence-electron chi connectivity index (χ1n) is 7.77. The summed E-state index contributed by atoms with van der Waals surface area (Å²) in [6.45, 7) is 6.32. The first-order chi connectivity index (χ1) is 10.6. The molecule has 4 heteroatoms. The maximum Gasteiger partial charge on any atom is 0.153 e. The Kier molecular flexibility index (Phi) is 3.84. The molecular weight excluding hydrogens is 274 g/mol. The van der Waals surface area contributed by atoms with Crippen molar-refractivity contribution < 1.29 is 4.74 Å². The Morgan fingerprint density at radius 2 is 1.41 bits per heavy atom. The van der Waals surface area contributed by atoms with Crippen LogP contribution in [0.3, 0.4) is 0 Å². The van der Waals surface area contributed by atoms with Crippen LogP contribution in [0.1, 0.15) is 13.8 Å². The molecule has 0 unspecified atom stereocenters. The molecule has 116 valence electrons. The second-order valence-corrected chi connectivity index (χ2v) is 5.65. The Hall–Kier alpha value is -2.36. The number of fused-ring (bicyclic) bond motifs is 2. The summed E-state index contributed by atoms with van der Waals surface area (Å²) < 4.78 is 6.13. The highest BCUT2D eigenvalue weighted by atomic mass is 16.5. The van der Waals surface area contributed by atoms with Gasteiger partial charge in [0, 0.05) is 50.7 Å². The Labute approximate surface area is 132 Å². The van der Waals surface area contributed by atoms with Crippen molar-refractivity contribution in [1.29, 1.82) is 0 Å². The van der Waals surface area contributed by atoms with Crippen LogP contribution in [-0.2, 0) is 0 Å². The van der Waals surface area contributed by atoms with Crippen molar-refractivity contribution in [2.45, 2.75) is 13.8 Å². The summed E-state index contributed by atoms with van der Waals surface area (Å²) in [5.74, 6) is 1.75. The Balaban J connectivity index is 1.94. The minimum atomic E-state index is 0.871. The van der Waals surface area contributed by atoms with Gasteiger partial charge in [0.25, 0.3) is 0 Å². The molecule has 2 aromatic carbocycles. The van der Waals surface area contributed by atoms with E-state index in [4.69, 9.17) is 4.74 Å². The van der Waals surface area contributed by atoms with E-state index in [2.05, 4.69) is 65.4 Å². The fourth-order valence-corrected chi connectivity index (χ4v) is 2.72. The van der Waals surface area contributed by atoms with E-state index < -0.39 is 0 Å². The number of benzene rings is 2. The van der Waals surface area contributed by atoms with Gasteiger partial charge in [-0.3, -0.25) is 0 Å². The summed E-state index contributed by atoms with van der Waals surface area (Å²) in [5, 5.41) is 3.45. The van der Waals surface area contributed by atoms with Crippen LogP contribution >= 0.6 is 0 Å². The van der Waals surface area contributed by atoms with Crippen LogP contribution in [0.2, 0.25) is 0 Å². The largest absolute Gasteiger partial charge is 0.453 e. The van der Waals surface area contributed by atoms with Crippen molar-refractivity contribution in [2.24, 2.45) is 0 Å². The van der Waals surface area contributed by atoms with E-state index in [0.717, 1.165) is 41.7 Å². The van der Waals surface area contributed by atoms with Gasteiger partial charge in [0.05, 0.1) is 11.4 Å². The average molecular weight is 297 g/mol. The highest BCUT2D eigenvalue weighted by Crippen LogP contribution is 2.44. The van der Waals surface area contributed by atoms with Crippen LogP contribution in [0.25, 0.3) is 0 Å². The summed E-state index contributed by atoms with van der Waals surface area (Å²) in [4.78, 5) is 4.39. The van der Waals surface area contributed by atoms with Crippen LogP contribution in [0.15, 0.2) is 36.4 Å². The summed E-state index contributed by atoms with van der Waals surface area (Å²) in [6, 6.07) is 12.6. The predicted octanol–water partition coefficient (Wildman–Crippen LogP) is 4.45. The molecule has 1 aliphatic rings. The summed E-state index contributed by atoms with van der Waals surface area (Å²) >= 11 is 0. The molecule has 0 saturated carbocycles. The molecule has 0 fully saturated rings. The fourth-order valence-electron chi connectivity index (χ4n) is 2.72. The molecule has 2 aromatic rings. The Morgan fingerprint density at radius 3 is 1.95 bits per heavy atom. The third kappa shape index (κ3) is 2.56. The normalized spacial score (nSPS) is 11.8. The van der Waals surface area contributed by atoms with Crippen LogP contribution < -0.4 is 19.9 Å². The number of hydrogen-bond donors (Lipinski definition) is 1. The number of hydrogen-bond acceptors (Lipinski definition) is 4. The summed E-state index contributed by atoms with van der Waals surface area (Å²) in [6.07, 6.45) is 0. The van der Waals surface area contributed by atoms with E-state index in [0.29, 0.717) is 0 Å². The second kappa shape index (κ2) is 5.79. The van der Waals surface area contributed by atoms with Gasteiger partial charge in [-0.15, -0.1) is 0 Å². The first-order valence-corrected chi connectivity index (χ1v) is 7.77. The minimum Gasteiger partial charge on any atom is -0.453 e. The molecule has 1 aliphatic heterocycles. The Bertz CT molecular complexity index is 678. The molecule has 0 spiro atoms. The van der Waals surface area contributed by atoms with E-state index in [-0.39, 0.29) is 0 Å². The molecule has 1 N–H and O–H groups in total. The number of rotatable bonds is 4. The predicted molar refractivity (Wildman–Crippen MR) is 94.1 cm³/mol. The highest BCUT2D eigenvalue weighted by molar-refractivity contribution is 5.79. The zero-order valence-corrected chi connectivity index (χ0v) is 13.7. The van der Waals surface area contributed by atoms with Gasteiger partial charge in [0.2, 0.25) is 0 Å². The molecule has 0 saturated heterocycles. The number of anilines is 4. The van der Waals surface area contributed by atoms with Crippen molar-refractivity contribution in [3.05, 3.63) is 36.4 Å². The monoisotopic (exact) mass is 297 g/mol. The SMILES string of the molecule is CCN(CC)c1ccc2c(c1)Oc1cc(N(C)C)ccc1N2. The lowest BCUT2D eigenvalue weighted by Crippen LogP contribution is -2.21. The number of nitrogens with one attached hydrogen (secondary N) is 1. The van der Waals surface area contributed by atoms with Gasteiger partial charge in [-0.2, -0.15) is 0 Å². The first kappa shape index (κ1) is 14.6. The van der Waals surface area contributed by atoms with Gasteiger partial charge in [-0.1, -0.05) is 0 Å². The molecule has 0 bridgehead atoms. The van der Waals surface area contributed by atoms with E-state index in [1.54, 1.807) is 0 Å². The lowest BCUT2D eigenvalue weighted by Gasteiger charge is -2.26. The standard InChI is InChI=1S/C18H23N3O/c1-5-21(6-2)14-8-10-16-18(12-14)22-17-11-13(20(3)4)7-9-15(17)19-16/h7-12,19H,5-6H2,1-4H3. The minimum absolute atomic E-state index is 0.871. The molecule has 0 amide bonds. The van der Waals surface area contributed by atoms with Crippen molar-refractivity contribution in [3.63, 3.8) is 0 Å². The van der Waals surface area contributed by atoms with Crippen LogP contribution in [0, 0.1) is 0 Å². The third-order valence-electron chi connectivity index (χ3n) is 4.06. The molecule has 0 radical (unpaired) electrons. The molecule has 1 heterocycles. The molecule has 0 aliphatic carbocycles. The summed E-state index contributed by atoms with van der Waals surface area (Å²) in [5.41, 5.74) is 4.34. The van der Waals surface area contributed by atoms with Crippen molar-refractivity contribution in [1.82, 2.24) is 0 Å². The molecule has 3 rings (SSSR count). The third-order valence-corrected chi connectivity index (χ3v) is 4.06. The van der Waals surface area contributed by atoms with E-state index >= 15 is 0 Å². The molecular formula is C18H23N3O. The Morgan fingerprint density at radius 1 is 0.864 bits per heavy atom. The molecule has 0 aromatic heterocycles. The van der Waals surface area contributed by atoms with Crippen molar-refractivity contribution >= 4 is 22.7 Å². The van der Waals surface area contributed by atoms with E-state index in [1.807, 2.05) is 14.1 Å². The van der Waals surface area contributed by atoms with Gasteiger partial charge in [-0.25, -0.2) is 0 Å². The van der Waals surface area contributed by atoms with Crippen molar-refractivity contribution in [2.75, 3.05) is 42.3 Å². The van der Waals surface area contributed by atoms with E-state index in [9.17, 15) is 0 Å². The number of ether oxygens (including phenoxy) is 1. The van der Waals surface area contributed by atoms with Crippen molar-refractivity contribution in [3.8, 4) is 11.5 Å². The maximum atomic E-state index is 6.13. The average Bonchev–Trinajstić information content (AvgIpc) is 2.53. The molecule has 4 nitrogen and oxygen atoms in total. The van der Waals surface area contributed by atoms with Gasteiger partial charge >= 0.3 is 0 Å². The zero-order chi connectivity index (χ0) is 15.7. The lowest BCUT2D eigenvalue weighted by atomic mass is 10.1. The highest BCUT2D eigenvalue weighted by Gasteiger charge is 2.18. The smallest absolute Gasteiger partial charge is 0.153 e. The quantitative estimate of drug-likeness (QED) is 0.770. The second-order valence-electron chi connectivity index (χ2n) is 5.65. The van der Waals surface area contributed by atoms with Gasteiger partial charge in [-0.05, 0) is 38.1 Å². The van der Waals surface area contributed by atoms with Gasteiger partial charge in [0.1, 0.15) is 0 Å². The van der Waals surface area contributed by atoms with Crippen LogP contribution in [0.5, 0.6) is 11.5 Å². The van der Waals surface area contributed by atoms with Crippen LogP contribution in [-0.4, -0.2) is 27.2 Å².